The Morgan fingerprint density at radius 2 is 1.59 bits per heavy atom. The molecule has 250 valence electrons. The fraction of sp³-hybridized carbons (Fsp3) is 0.568. The first-order valence-electron chi connectivity index (χ1n) is 17.3. The van der Waals surface area contributed by atoms with E-state index in [1.807, 2.05) is 29.4 Å². The Labute approximate surface area is 273 Å². The molecule has 3 aromatic rings. The molecule has 1 N–H and O–H groups in total. The van der Waals surface area contributed by atoms with Crippen LogP contribution in [0.15, 0.2) is 59.8 Å². The summed E-state index contributed by atoms with van der Waals surface area (Å²) in [6.45, 7) is 2.15. The van der Waals surface area contributed by atoms with Crippen LogP contribution < -0.4 is 15.4 Å². The molecule has 0 bridgehead atoms. The Bertz CT molecular complexity index is 1440. The highest BCUT2D eigenvalue weighted by Crippen LogP contribution is 2.31. The summed E-state index contributed by atoms with van der Waals surface area (Å²) in [6, 6.07) is 11.3. The van der Waals surface area contributed by atoms with Crippen molar-refractivity contribution in [2.45, 2.75) is 96.4 Å². The maximum absolute atomic E-state index is 14.3. The molecule has 3 heterocycles. The fourth-order valence-electron chi connectivity index (χ4n) is 6.49. The Kier molecular flexibility index (Phi) is 14.6. The van der Waals surface area contributed by atoms with Crippen LogP contribution in [0.1, 0.15) is 89.9 Å². The second kappa shape index (κ2) is 19.1. The highest BCUT2D eigenvalue weighted by atomic mass is 16.5. The van der Waals surface area contributed by atoms with Gasteiger partial charge in [-0.2, -0.15) is 0 Å². The van der Waals surface area contributed by atoms with Crippen molar-refractivity contribution < 1.29 is 19.4 Å². The molecular weight excluding hydrogens is 580 g/mol. The summed E-state index contributed by atoms with van der Waals surface area (Å²) >= 11 is 0. The van der Waals surface area contributed by atoms with E-state index in [1.54, 1.807) is 12.3 Å². The lowest BCUT2D eigenvalue weighted by Crippen LogP contribution is -2.45. The summed E-state index contributed by atoms with van der Waals surface area (Å²) in [5.74, 6) is -0.650. The topological polar surface area (TPSA) is 105 Å². The number of piperidine rings is 1. The van der Waals surface area contributed by atoms with Crippen LogP contribution in [0, 0.1) is 5.92 Å². The summed E-state index contributed by atoms with van der Waals surface area (Å²) in [4.78, 5) is 47.4. The molecule has 2 aromatic heterocycles. The predicted octanol–water partition coefficient (Wildman–Crippen LogP) is 6.49. The molecule has 9 heteroatoms. The number of rotatable bonds is 19. The maximum atomic E-state index is 14.3. The number of fused-ring (bicyclic) bond motifs is 1. The van der Waals surface area contributed by atoms with Crippen molar-refractivity contribution in [2.75, 3.05) is 43.2 Å². The van der Waals surface area contributed by atoms with Crippen molar-refractivity contribution in [3.8, 4) is 0 Å². The van der Waals surface area contributed by atoms with E-state index >= 15 is 0 Å². The van der Waals surface area contributed by atoms with Crippen molar-refractivity contribution in [3.63, 3.8) is 0 Å². The monoisotopic (exact) mass is 632 g/mol. The number of amides is 1. The summed E-state index contributed by atoms with van der Waals surface area (Å²) in [5.41, 5.74) is 1.38. The van der Waals surface area contributed by atoms with E-state index in [0.717, 1.165) is 68.0 Å². The normalized spacial score (nSPS) is 14.8. The minimum absolute atomic E-state index is 0.0557. The second-order valence-electron chi connectivity index (χ2n) is 12.6. The number of aliphatic hydroxyl groups excluding tert-OH is 1. The van der Waals surface area contributed by atoms with Crippen LogP contribution in [0.25, 0.3) is 10.8 Å². The number of carbonyl (C=O) groups excluding carboxylic acids is 2. The van der Waals surface area contributed by atoms with Gasteiger partial charge in [-0.25, -0.2) is 0 Å². The van der Waals surface area contributed by atoms with Crippen LogP contribution in [0.2, 0.25) is 0 Å². The molecule has 1 atom stereocenters. The van der Waals surface area contributed by atoms with Crippen molar-refractivity contribution in [1.29, 1.82) is 0 Å². The lowest BCUT2D eigenvalue weighted by atomic mass is 9.95. The van der Waals surface area contributed by atoms with Crippen molar-refractivity contribution in [2.24, 2.45) is 5.92 Å². The van der Waals surface area contributed by atoms with Gasteiger partial charge in [0.05, 0.1) is 30.6 Å². The van der Waals surface area contributed by atoms with E-state index in [-0.39, 0.29) is 23.9 Å². The summed E-state index contributed by atoms with van der Waals surface area (Å²) in [6.07, 6.45) is 20.9. The fourth-order valence-corrected chi connectivity index (χ4v) is 6.49. The van der Waals surface area contributed by atoms with Crippen LogP contribution in [0.4, 0.5) is 11.4 Å². The zero-order valence-electron chi connectivity index (χ0n) is 27.6. The third-order valence-corrected chi connectivity index (χ3v) is 9.12. The van der Waals surface area contributed by atoms with Crippen molar-refractivity contribution >= 4 is 34.0 Å². The Morgan fingerprint density at radius 3 is 2.28 bits per heavy atom. The van der Waals surface area contributed by atoms with Crippen LogP contribution >= 0.6 is 0 Å². The number of nitrogens with zero attached hydrogens (tertiary/aromatic N) is 4. The molecular formula is C37H52N4O5. The summed E-state index contributed by atoms with van der Waals surface area (Å²) < 4.78 is 6.11. The number of benzene rings is 1. The van der Waals surface area contributed by atoms with E-state index in [1.165, 1.54) is 62.7 Å². The first kappa shape index (κ1) is 35.1. The molecule has 0 spiro atoms. The first-order valence-corrected chi connectivity index (χ1v) is 17.3. The molecule has 1 aliphatic rings. The van der Waals surface area contributed by atoms with Gasteiger partial charge in [0, 0.05) is 55.5 Å². The van der Waals surface area contributed by atoms with E-state index in [9.17, 15) is 14.4 Å². The molecule has 1 fully saturated rings. The quantitative estimate of drug-likeness (QED) is 0.119. The SMILES string of the molecule is COC(=O)Cn1cc(N(CCCCCCCCCCCCCCO)C(=O)[C@H]2CCCN(c3cncc4ccccc34)C2)ccc1=O. The third kappa shape index (κ3) is 10.4. The number of aliphatic hydroxyl groups is 1. The minimum atomic E-state index is -0.509. The molecule has 0 radical (unpaired) electrons. The van der Waals surface area contributed by atoms with Gasteiger partial charge in [0.1, 0.15) is 6.54 Å². The molecule has 0 saturated carbocycles. The number of carbonyl (C=O) groups is 2. The van der Waals surface area contributed by atoms with Gasteiger partial charge in [-0.15, -0.1) is 0 Å². The molecule has 1 saturated heterocycles. The minimum Gasteiger partial charge on any atom is -0.468 e. The van der Waals surface area contributed by atoms with E-state index in [2.05, 4.69) is 22.0 Å². The van der Waals surface area contributed by atoms with E-state index in [0.29, 0.717) is 25.4 Å². The Hall–Kier alpha value is -3.72. The lowest BCUT2D eigenvalue weighted by Gasteiger charge is -2.36. The van der Waals surface area contributed by atoms with Crippen LogP contribution in [-0.2, 0) is 20.9 Å². The number of esters is 1. The van der Waals surface area contributed by atoms with Gasteiger partial charge in [0.15, 0.2) is 0 Å². The molecule has 4 rings (SSSR count). The number of pyridine rings is 2. The van der Waals surface area contributed by atoms with Crippen molar-refractivity contribution in [3.05, 3.63) is 65.3 Å². The standard InChI is InChI=1S/C37H52N4O5/c1-46-36(44)29-40-28-32(20-21-35(40)43)41(23-14-10-8-6-4-2-3-5-7-9-11-15-24-42)37(45)31-18-16-22-39(27-31)34-26-38-25-30-17-12-13-19-33(30)34/h12-13,17,19-21,25-26,28,31,42H,2-11,14-16,18,22-24,27,29H2,1H3/t31-/m0/s1. The van der Waals surface area contributed by atoms with Crippen molar-refractivity contribution in [1.82, 2.24) is 9.55 Å². The number of methoxy groups -OCH3 is 1. The highest BCUT2D eigenvalue weighted by Gasteiger charge is 2.31. The molecule has 1 aliphatic heterocycles. The molecule has 1 amide bonds. The largest absolute Gasteiger partial charge is 0.468 e. The van der Waals surface area contributed by atoms with Gasteiger partial charge in [-0.05, 0) is 31.7 Å². The number of aromatic nitrogens is 2. The smallest absolute Gasteiger partial charge is 0.325 e. The molecule has 0 aliphatic carbocycles. The average Bonchev–Trinajstić information content (AvgIpc) is 3.09. The number of anilines is 2. The number of ether oxygens (including phenoxy) is 1. The Morgan fingerprint density at radius 1 is 0.913 bits per heavy atom. The first-order chi connectivity index (χ1) is 22.5. The van der Waals surface area contributed by atoms with Gasteiger partial charge >= 0.3 is 5.97 Å². The summed E-state index contributed by atoms with van der Waals surface area (Å²) in [5, 5.41) is 11.1. The summed E-state index contributed by atoms with van der Waals surface area (Å²) in [7, 11) is 1.30. The van der Waals surface area contributed by atoms with Gasteiger partial charge in [0.25, 0.3) is 5.56 Å². The van der Waals surface area contributed by atoms with Gasteiger partial charge in [0.2, 0.25) is 5.91 Å². The van der Waals surface area contributed by atoms with Crippen LogP contribution in [0.3, 0.4) is 0 Å². The zero-order valence-corrected chi connectivity index (χ0v) is 27.6. The van der Waals surface area contributed by atoms with Crippen LogP contribution in [0.5, 0.6) is 0 Å². The second-order valence-corrected chi connectivity index (χ2v) is 12.6. The van der Waals surface area contributed by atoms with Crippen LogP contribution in [-0.4, -0.2) is 59.9 Å². The van der Waals surface area contributed by atoms with E-state index < -0.39 is 5.97 Å². The molecule has 9 nitrogen and oxygen atoms in total. The molecule has 1 aromatic carbocycles. The lowest BCUT2D eigenvalue weighted by molar-refractivity contribution is -0.141. The maximum Gasteiger partial charge on any atom is 0.325 e. The van der Waals surface area contributed by atoms with Gasteiger partial charge < -0.3 is 24.2 Å². The molecule has 0 unspecified atom stereocenters. The predicted molar refractivity (Wildman–Crippen MR) is 184 cm³/mol. The third-order valence-electron chi connectivity index (χ3n) is 9.12. The Balaban J connectivity index is 1.38. The number of hydrogen-bond donors (Lipinski definition) is 1. The zero-order chi connectivity index (χ0) is 32.6. The van der Waals surface area contributed by atoms with Gasteiger partial charge in [-0.3, -0.25) is 19.4 Å². The van der Waals surface area contributed by atoms with Gasteiger partial charge in [-0.1, -0.05) is 88.5 Å². The number of hydrogen-bond acceptors (Lipinski definition) is 7. The van der Waals surface area contributed by atoms with E-state index in [4.69, 9.17) is 9.84 Å². The highest BCUT2D eigenvalue weighted by molar-refractivity contribution is 5.96. The number of unbranched alkanes of at least 4 members (excludes halogenated alkanes) is 11. The molecule has 46 heavy (non-hydrogen) atoms. The average molecular weight is 633 g/mol.